The zero-order valence-electron chi connectivity index (χ0n) is 18.2. The minimum absolute atomic E-state index is 0.137. The van der Waals surface area contributed by atoms with E-state index >= 15 is 4.39 Å². The lowest BCUT2D eigenvalue weighted by Crippen LogP contribution is -2.18. The smallest absolute Gasteiger partial charge is 0.232 e. The fourth-order valence-electron chi connectivity index (χ4n) is 3.78. The first-order valence-electron chi connectivity index (χ1n) is 10.5. The highest BCUT2D eigenvalue weighted by molar-refractivity contribution is 7.92. The molecule has 0 spiro atoms. The lowest BCUT2D eigenvalue weighted by Gasteiger charge is -2.13. The van der Waals surface area contributed by atoms with E-state index in [4.69, 9.17) is 0 Å². The number of halogens is 2. The van der Waals surface area contributed by atoms with Gasteiger partial charge < -0.3 is 0 Å². The number of benzene rings is 2. The first kappa shape index (κ1) is 22.8. The van der Waals surface area contributed by atoms with Crippen LogP contribution in [-0.4, -0.2) is 24.9 Å². The average molecular weight is 469 g/mol. The summed E-state index contributed by atoms with van der Waals surface area (Å²) in [6, 6.07) is 11.4. The molecule has 1 heterocycles. The highest BCUT2D eigenvalue weighted by atomic mass is 32.2. The number of ketones is 1. The minimum atomic E-state index is -3.82. The molecule has 1 aliphatic rings. The van der Waals surface area contributed by atoms with Gasteiger partial charge in [-0.05, 0) is 37.1 Å². The summed E-state index contributed by atoms with van der Waals surface area (Å²) < 4.78 is 55.9. The van der Waals surface area contributed by atoms with Gasteiger partial charge in [-0.1, -0.05) is 42.8 Å². The van der Waals surface area contributed by atoms with Crippen LogP contribution in [-0.2, 0) is 16.4 Å². The van der Waals surface area contributed by atoms with Crippen LogP contribution in [0.5, 0.6) is 0 Å². The van der Waals surface area contributed by atoms with Gasteiger partial charge in [0.1, 0.15) is 5.82 Å². The zero-order valence-corrected chi connectivity index (χ0v) is 19.0. The number of carbonyl (C=O) groups excluding carboxylic acids is 1. The molecule has 1 aliphatic carbocycles. The van der Waals surface area contributed by atoms with Crippen molar-refractivity contribution in [2.45, 2.75) is 26.7 Å². The molecule has 2 aromatic carbocycles. The molecule has 8 heteroatoms. The van der Waals surface area contributed by atoms with Crippen molar-refractivity contribution in [2.75, 3.05) is 10.5 Å². The summed E-state index contributed by atoms with van der Waals surface area (Å²) in [5.41, 5.74) is 2.80. The third-order valence-electron chi connectivity index (χ3n) is 5.45. The molecule has 170 valence electrons. The number of hydrogen-bond acceptors (Lipinski definition) is 4. The van der Waals surface area contributed by atoms with Gasteiger partial charge in [0.15, 0.2) is 11.6 Å². The van der Waals surface area contributed by atoms with Crippen molar-refractivity contribution < 1.29 is 22.0 Å². The van der Waals surface area contributed by atoms with E-state index in [9.17, 15) is 17.6 Å². The molecule has 33 heavy (non-hydrogen) atoms. The third kappa shape index (κ3) is 4.57. The van der Waals surface area contributed by atoms with Crippen LogP contribution < -0.4 is 4.72 Å². The maximum atomic E-state index is 15.1. The minimum Gasteiger partial charge on any atom is -0.288 e. The number of Topliss-reactive ketones (excluding diaryl/α,β-unsaturated/α-hetero) is 1. The fraction of sp³-hybridized carbons (Fsp3) is 0.200. The van der Waals surface area contributed by atoms with Gasteiger partial charge in [-0.25, -0.2) is 17.2 Å². The van der Waals surface area contributed by atoms with E-state index in [1.807, 2.05) is 31.2 Å². The molecule has 0 saturated carbocycles. The number of carbonyl (C=O) groups is 1. The lowest BCUT2D eigenvalue weighted by molar-refractivity contribution is 0.104. The van der Waals surface area contributed by atoms with Gasteiger partial charge in [-0.3, -0.25) is 14.5 Å². The zero-order chi connectivity index (χ0) is 23.8. The predicted molar refractivity (Wildman–Crippen MR) is 124 cm³/mol. The monoisotopic (exact) mass is 468 g/mol. The van der Waals surface area contributed by atoms with E-state index in [2.05, 4.69) is 9.71 Å². The molecule has 5 nitrogen and oxygen atoms in total. The van der Waals surface area contributed by atoms with Crippen LogP contribution in [0.4, 0.5) is 14.5 Å². The number of rotatable bonds is 7. The standard InChI is InChI=1S/C25H22F2N2O3S/c1-3-12-33(31,32)29-22-11-9-20(26)23(24(22)27)25(30)18-8-10-21-19(18)13-17(14-28-21)16-6-4-15(2)5-7-16/h4-9,11,13-14,29H,3,10,12H2,1-2H3. The van der Waals surface area contributed by atoms with Crippen molar-refractivity contribution in [2.24, 2.45) is 0 Å². The Labute approximate surface area is 191 Å². The van der Waals surface area contributed by atoms with Gasteiger partial charge in [0.2, 0.25) is 10.0 Å². The Balaban J connectivity index is 1.71. The Kier molecular flexibility index (Phi) is 6.12. The summed E-state index contributed by atoms with van der Waals surface area (Å²) in [6.45, 7) is 3.64. The van der Waals surface area contributed by atoms with Crippen molar-refractivity contribution in [3.8, 4) is 11.1 Å². The summed E-state index contributed by atoms with van der Waals surface area (Å²) in [5.74, 6) is -3.38. The van der Waals surface area contributed by atoms with Crippen molar-refractivity contribution in [3.05, 3.63) is 88.8 Å². The van der Waals surface area contributed by atoms with E-state index < -0.39 is 38.7 Å². The summed E-state index contributed by atoms with van der Waals surface area (Å²) in [6.07, 6.45) is 3.97. The maximum Gasteiger partial charge on any atom is 0.232 e. The number of anilines is 1. The van der Waals surface area contributed by atoms with Crippen LogP contribution in [0.3, 0.4) is 0 Å². The quantitative estimate of drug-likeness (QED) is 0.477. The Hall–Kier alpha value is -3.39. The molecular weight excluding hydrogens is 446 g/mol. The second-order valence-electron chi connectivity index (χ2n) is 7.94. The molecule has 0 atom stereocenters. The SMILES string of the molecule is CCCS(=O)(=O)Nc1ccc(F)c(C(=O)C2=CCc3ncc(-c4ccc(C)cc4)cc32)c1F. The second kappa shape index (κ2) is 8.86. The molecule has 1 aromatic heterocycles. The topological polar surface area (TPSA) is 76.1 Å². The van der Waals surface area contributed by atoms with E-state index in [0.717, 1.165) is 28.8 Å². The molecule has 4 rings (SSSR count). The lowest BCUT2D eigenvalue weighted by atomic mass is 9.96. The van der Waals surface area contributed by atoms with Gasteiger partial charge in [0.05, 0.1) is 22.7 Å². The molecular formula is C25H22F2N2O3S. The number of hydrogen-bond donors (Lipinski definition) is 1. The van der Waals surface area contributed by atoms with Gasteiger partial charge in [0, 0.05) is 29.3 Å². The molecule has 0 aliphatic heterocycles. The highest BCUT2D eigenvalue weighted by Crippen LogP contribution is 2.34. The van der Waals surface area contributed by atoms with E-state index in [1.165, 1.54) is 0 Å². The van der Waals surface area contributed by atoms with Crippen molar-refractivity contribution in [3.63, 3.8) is 0 Å². The van der Waals surface area contributed by atoms with E-state index in [0.29, 0.717) is 24.1 Å². The number of nitrogens with zero attached hydrogens (tertiary/aromatic N) is 1. The van der Waals surface area contributed by atoms with Crippen molar-refractivity contribution in [1.29, 1.82) is 0 Å². The Morgan fingerprint density at radius 1 is 1.09 bits per heavy atom. The number of pyridine rings is 1. The first-order chi connectivity index (χ1) is 15.7. The summed E-state index contributed by atoms with van der Waals surface area (Å²) >= 11 is 0. The number of nitrogens with one attached hydrogen (secondary N) is 1. The van der Waals surface area contributed by atoms with Crippen LogP contribution in [0.2, 0.25) is 0 Å². The first-order valence-corrected chi connectivity index (χ1v) is 12.1. The van der Waals surface area contributed by atoms with Crippen LogP contribution in [0.15, 0.2) is 54.7 Å². The van der Waals surface area contributed by atoms with Crippen LogP contribution in [0.25, 0.3) is 16.7 Å². The Morgan fingerprint density at radius 3 is 2.52 bits per heavy atom. The summed E-state index contributed by atoms with van der Waals surface area (Å²) in [7, 11) is -3.82. The Bertz CT molecular complexity index is 1380. The Morgan fingerprint density at radius 2 is 1.82 bits per heavy atom. The van der Waals surface area contributed by atoms with Gasteiger partial charge >= 0.3 is 0 Å². The largest absolute Gasteiger partial charge is 0.288 e. The molecule has 0 unspecified atom stereocenters. The molecule has 0 saturated heterocycles. The van der Waals surface area contributed by atoms with Gasteiger partial charge in [-0.2, -0.15) is 0 Å². The van der Waals surface area contributed by atoms with E-state index in [-0.39, 0.29) is 11.3 Å². The second-order valence-corrected chi connectivity index (χ2v) is 9.78. The fourth-order valence-corrected chi connectivity index (χ4v) is 4.91. The summed E-state index contributed by atoms with van der Waals surface area (Å²) in [4.78, 5) is 17.7. The molecule has 0 amide bonds. The molecule has 0 fully saturated rings. The van der Waals surface area contributed by atoms with Crippen molar-refractivity contribution >= 4 is 27.1 Å². The van der Waals surface area contributed by atoms with E-state index in [1.54, 1.807) is 25.3 Å². The summed E-state index contributed by atoms with van der Waals surface area (Å²) in [5, 5.41) is 0. The maximum absolute atomic E-state index is 15.1. The number of fused-ring (bicyclic) bond motifs is 1. The molecule has 3 aromatic rings. The van der Waals surface area contributed by atoms with Gasteiger partial charge in [0.25, 0.3) is 0 Å². The molecule has 1 N–H and O–H groups in total. The molecule has 0 bridgehead atoms. The van der Waals surface area contributed by atoms with Crippen LogP contribution >= 0.6 is 0 Å². The van der Waals surface area contributed by atoms with Gasteiger partial charge in [-0.15, -0.1) is 0 Å². The number of allylic oxidation sites excluding steroid dienone is 2. The highest BCUT2D eigenvalue weighted by Gasteiger charge is 2.29. The van der Waals surface area contributed by atoms with Crippen molar-refractivity contribution in [1.82, 2.24) is 4.98 Å². The number of sulfonamides is 1. The van der Waals surface area contributed by atoms with Crippen LogP contribution in [0.1, 0.15) is 40.5 Å². The molecule has 0 radical (unpaired) electrons. The normalized spacial score (nSPS) is 12.9. The number of aromatic nitrogens is 1. The average Bonchev–Trinajstić information content (AvgIpc) is 3.19. The third-order valence-corrected chi connectivity index (χ3v) is 6.92. The van der Waals surface area contributed by atoms with Crippen LogP contribution in [0, 0.1) is 18.6 Å². The number of aryl methyl sites for hydroxylation is 1. The predicted octanol–water partition coefficient (Wildman–Crippen LogP) is 5.31.